The Kier molecular flexibility index (Phi) is 7.44. The Balaban J connectivity index is 0.00000225. The lowest BCUT2D eigenvalue weighted by Gasteiger charge is -2.22. The minimum atomic E-state index is 0. The van der Waals surface area contributed by atoms with Crippen LogP contribution < -0.4 is 28.5 Å². The molecule has 4 heteroatoms. The summed E-state index contributed by atoms with van der Waals surface area (Å²) in [6, 6.07) is 19.3. The van der Waals surface area contributed by atoms with Crippen LogP contribution in [0, 0.1) is 0 Å². The molecule has 3 aromatic rings. The van der Waals surface area contributed by atoms with Gasteiger partial charge in [-0.05, 0) is 38.5 Å². The Bertz CT molecular complexity index is 835. The molecule has 0 atom stereocenters. The lowest BCUT2D eigenvalue weighted by atomic mass is 10.2. The van der Waals surface area contributed by atoms with Crippen molar-refractivity contribution in [2.24, 2.45) is 0 Å². The zero-order valence-electron chi connectivity index (χ0n) is 15.1. The molecule has 1 heterocycles. The van der Waals surface area contributed by atoms with E-state index in [1.54, 1.807) is 0 Å². The Morgan fingerprint density at radius 2 is 1.60 bits per heavy atom. The van der Waals surface area contributed by atoms with E-state index in [-0.39, 0.29) is 24.0 Å². The van der Waals surface area contributed by atoms with Gasteiger partial charge in [-0.1, -0.05) is 53.8 Å². The third kappa shape index (κ3) is 4.23. The second-order valence-electron chi connectivity index (χ2n) is 5.73. The highest BCUT2D eigenvalue weighted by molar-refractivity contribution is 7.19. The van der Waals surface area contributed by atoms with Gasteiger partial charge in [0.25, 0.3) is 5.01 Å². The molecule has 0 aliphatic carbocycles. The number of aryl methyl sites for hydroxylation is 1. The van der Waals surface area contributed by atoms with Crippen LogP contribution in [-0.4, -0.2) is 18.0 Å². The van der Waals surface area contributed by atoms with Gasteiger partial charge >= 0.3 is 0 Å². The third-order valence-electron chi connectivity index (χ3n) is 4.35. The molecule has 2 aromatic carbocycles. The predicted octanol–water partition coefficient (Wildman–Crippen LogP) is 2.05. The van der Waals surface area contributed by atoms with E-state index in [0.29, 0.717) is 0 Å². The standard InChI is InChI=1S/C21H25N2S.HI/c1-4-22(5-2)19(16-17-12-8-7-9-13-17)21-23(6-3)18-14-10-11-15-20(18)24-21;/h7-16H,4-6H2,1-3H3;1H/q+1;/p-1. The van der Waals surface area contributed by atoms with Crippen molar-refractivity contribution < 1.29 is 28.5 Å². The van der Waals surface area contributed by atoms with Gasteiger partial charge in [0.2, 0.25) is 5.52 Å². The van der Waals surface area contributed by atoms with Gasteiger partial charge in [-0.15, -0.1) is 0 Å². The number of para-hydroxylation sites is 1. The molecule has 0 spiro atoms. The first-order chi connectivity index (χ1) is 11.8. The highest BCUT2D eigenvalue weighted by atomic mass is 127. The molecule has 0 aliphatic heterocycles. The molecular weight excluding hydrogens is 439 g/mol. The van der Waals surface area contributed by atoms with Crippen molar-refractivity contribution in [3.05, 3.63) is 65.2 Å². The molecular formula is C21H25IN2S. The first-order valence-electron chi connectivity index (χ1n) is 8.71. The van der Waals surface area contributed by atoms with Crippen molar-refractivity contribution in [2.45, 2.75) is 27.3 Å². The first kappa shape index (κ1) is 19.9. The maximum atomic E-state index is 2.45. The number of rotatable bonds is 6. The molecule has 0 fully saturated rings. The molecule has 0 aliphatic rings. The van der Waals surface area contributed by atoms with Gasteiger partial charge in [0, 0.05) is 19.2 Å². The Morgan fingerprint density at radius 1 is 0.960 bits per heavy atom. The van der Waals surface area contributed by atoms with Gasteiger partial charge in [-0.25, -0.2) is 0 Å². The number of benzene rings is 2. The van der Waals surface area contributed by atoms with E-state index in [1.807, 2.05) is 11.3 Å². The van der Waals surface area contributed by atoms with E-state index in [2.05, 4.69) is 90.9 Å². The summed E-state index contributed by atoms with van der Waals surface area (Å²) in [6.07, 6.45) is 2.32. The fourth-order valence-corrected chi connectivity index (χ4v) is 4.37. The molecule has 0 bridgehead atoms. The Morgan fingerprint density at radius 3 is 2.24 bits per heavy atom. The summed E-state index contributed by atoms with van der Waals surface area (Å²) in [6.45, 7) is 9.68. The lowest BCUT2D eigenvalue weighted by Crippen LogP contribution is -3.00. The van der Waals surface area contributed by atoms with Gasteiger partial charge in [0.05, 0.1) is 0 Å². The van der Waals surface area contributed by atoms with Crippen LogP contribution >= 0.6 is 11.3 Å². The Labute approximate surface area is 171 Å². The third-order valence-corrected chi connectivity index (χ3v) is 5.54. The summed E-state index contributed by atoms with van der Waals surface area (Å²) in [5.74, 6) is 0. The van der Waals surface area contributed by atoms with Crippen LogP contribution in [0.5, 0.6) is 0 Å². The van der Waals surface area contributed by atoms with Crippen LogP contribution in [0.4, 0.5) is 0 Å². The van der Waals surface area contributed by atoms with Crippen LogP contribution in [0.2, 0.25) is 0 Å². The van der Waals surface area contributed by atoms with E-state index in [0.717, 1.165) is 19.6 Å². The Hall–Kier alpha value is -1.40. The fourth-order valence-electron chi connectivity index (χ4n) is 3.10. The summed E-state index contributed by atoms with van der Waals surface area (Å²) in [7, 11) is 0. The second-order valence-corrected chi connectivity index (χ2v) is 6.76. The van der Waals surface area contributed by atoms with Crippen molar-refractivity contribution >= 4 is 33.3 Å². The topological polar surface area (TPSA) is 7.12 Å². The van der Waals surface area contributed by atoms with Gasteiger partial charge in [-0.2, -0.15) is 4.57 Å². The van der Waals surface area contributed by atoms with Gasteiger partial charge in [0.15, 0.2) is 0 Å². The molecule has 0 N–H and O–H groups in total. The van der Waals surface area contributed by atoms with Crippen LogP contribution in [-0.2, 0) is 6.54 Å². The molecule has 132 valence electrons. The monoisotopic (exact) mass is 464 g/mol. The molecule has 25 heavy (non-hydrogen) atoms. The van der Waals surface area contributed by atoms with E-state index in [9.17, 15) is 0 Å². The number of fused-ring (bicyclic) bond motifs is 1. The van der Waals surface area contributed by atoms with Crippen LogP contribution in [0.15, 0.2) is 54.6 Å². The second kappa shape index (κ2) is 9.34. The van der Waals surface area contributed by atoms with Crippen molar-refractivity contribution in [1.29, 1.82) is 0 Å². The van der Waals surface area contributed by atoms with Crippen LogP contribution in [0.25, 0.3) is 22.0 Å². The van der Waals surface area contributed by atoms with E-state index in [1.165, 1.54) is 26.5 Å². The number of thiazole rings is 1. The van der Waals surface area contributed by atoms with Crippen LogP contribution in [0.3, 0.4) is 0 Å². The fraction of sp³-hybridized carbons (Fsp3) is 0.286. The van der Waals surface area contributed by atoms with Gasteiger partial charge in [-0.3, -0.25) is 0 Å². The summed E-state index contributed by atoms with van der Waals surface area (Å²) in [4.78, 5) is 2.45. The smallest absolute Gasteiger partial charge is 0.286 e. The van der Waals surface area contributed by atoms with Gasteiger partial charge in [0.1, 0.15) is 16.9 Å². The van der Waals surface area contributed by atoms with Crippen molar-refractivity contribution in [3.8, 4) is 0 Å². The van der Waals surface area contributed by atoms with Gasteiger partial charge < -0.3 is 28.9 Å². The first-order valence-corrected chi connectivity index (χ1v) is 9.53. The maximum Gasteiger partial charge on any atom is 0.286 e. The van der Waals surface area contributed by atoms with E-state index < -0.39 is 0 Å². The zero-order chi connectivity index (χ0) is 16.9. The zero-order valence-corrected chi connectivity index (χ0v) is 18.0. The van der Waals surface area contributed by atoms with Crippen LogP contribution in [0.1, 0.15) is 31.3 Å². The number of halogens is 1. The number of hydrogen-bond acceptors (Lipinski definition) is 2. The largest absolute Gasteiger partial charge is 1.00 e. The molecule has 0 radical (unpaired) electrons. The molecule has 1 aromatic heterocycles. The quantitative estimate of drug-likeness (QED) is 0.400. The highest BCUT2D eigenvalue weighted by Crippen LogP contribution is 2.29. The summed E-state index contributed by atoms with van der Waals surface area (Å²) in [5, 5.41) is 1.34. The van der Waals surface area contributed by atoms with Crippen molar-refractivity contribution in [2.75, 3.05) is 13.1 Å². The highest BCUT2D eigenvalue weighted by Gasteiger charge is 2.25. The number of aromatic nitrogens is 1. The van der Waals surface area contributed by atoms with Crippen molar-refractivity contribution in [1.82, 2.24) is 4.90 Å². The molecule has 0 saturated heterocycles. The molecule has 0 amide bonds. The average molecular weight is 464 g/mol. The minimum absolute atomic E-state index is 0. The number of nitrogens with zero attached hydrogens (tertiary/aromatic N) is 2. The average Bonchev–Trinajstić information content (AvgIpc) is 3.01. The maximum absolute atomic E-state index is 2.45. The summed E-state index contributed by atoms with van der Waals surface area (Å²) < 4.78 is 3.79. The lowest BCUT2D eigenvalue weighted by molar-refractivity contribution is -0.666. The minimum Gasteiger partial charge on any atom is -1.00 e. The molecule has 0 unspecified atom stereocenters. The summed E-state index contributed by atoms with van der Waals surface area (Å²) >= 11 is 1.89. The van der Waals surface area contributed by atoms with Crippen molar-refractivity contribution in [3.63, 3.8) is 0 Å². The van der Waals surface area contributed by atoms with E-state index in [4.69, 9.17) is 0 Å². The SMILES string of the molecule is CCN(CC)C(=Cc1ccccc1)c1sc2ccccc2[n+]1CC.[I-]. The molecule has 2 nitrogen and oxygen atoms in total. The number of hydrogen-bond donors (Lipinski definition) is 0. The normalized spacial score (nSPS) is 11.4. The molecule has 3 rings (SSSR count). The molecule has 0 saturated carbocycles. The van der Waals surface area contributed by atoms with E-state index >= 15 is 0 Å². The summed E-state index contributed by atoms with van der Waals surface area (Å²) in [5.41, 5.74) is 3.89. The predicted molar refractivity (Wildman–Crippen MR) is 105 cm³/mol.